The lowest BCUT2D eigenvalue weighted by Gasteiger charge is -2.34. The van der Waals surface area contributed by atoms with Crippen molar-refractivity contribution in [2.45, 2.75) is 58.3 Å². The molecule has 2 rings (SSSR count). The molecular formula is C14H22O3. The van der Waals surface area contributed by atoms with Crippen LogP contribution in [0.25, 0.3) is 0 Å². The highest BCUT2D eigenvalue weighted by Gasteiger charge is 2.34. The van der Waals surface area contributed by atoms with Crippen molar-refractivity contribution >= 4 is 11.9 Å². The minimum absolute atomic E-state index is 0.256. The van der Waals surface area contributed by atoms with Crippen molar-refractivity contribution in [1.82, 2.24) is 0 Å². The first-order valence-corrected chi connectivity index (χ1v) is 6.92. The van der Waals surface area contributed by atoms with E-state index in [9.17, 15) is 9.59 Å². The number of hydrogen-bond donors (Lipinski definition) is 0. The van der Waals surface area contributed by atoms with Gasteiger partial charge in [-0.3, -0.25) is 9.59 Å². The number of carbonyl (C=O) groups excluding carboxylic acids is 2. The van der Waals surface area contributed by atoms with Crippen molar-refractivity contribution in [2.75, 3.05) is 0 Å². The molecule has 1 saturated carbocycles. The van der Waals surface area contributed by atoms with E-state index in [1.165, 1.54) is 38.5 Å². The molecule has 0 aromatic carbocycles. The van der Waals surface area contributed by atoms with E-state index in [1.54, 1.807) is 0 Å². The first-order chi connectivity index (χ1) is 8.19. The second kappa shape index (κ2) is 5.65. The molecule has 0 amide bonds. The molecule has 0 N–H and O–H groups in total. The lowest BCUT2D eigenvalue weighted by Crippen LogP contribution is -2.32. The number of carbonyl (C=O) groups is 2. The van der Waals surface area contributed by atoms with Gasteiger partial charge in [0.2, 0.25) is 0 Å². The van der Waals surface area contributed by atoms with Gasteiger partial charge in [0.05, 0.1) is 0 Å². The Labute approximate surface area is 103 Å². The Bertz CT molecular complexity index is 274. The summed E-state index contributed by atoms with van der Waals surface area (Å²) in [6.07, 6.45) is 8.44. The van der Waals surface area contributed by atoms with Crippen LogP contribution in [-0.4, -0.2) is 11.9 Å². The minimum atomic E-state index is -0.318. The zero-order valence-corrected chi connectivity index (χ0v) is 10.6. The molecule has 0 radical (unpaired) electrons. The van der Waals surface area contributed by atoms with Crippen LogP contribution in [0, 0.1) is 17.8 Å². The maximum absolute atomic E-state index is 11.3. The van der Waals surface area contributed by atoms with Gasteiger partial charge in [0.1, 0.15) is 0 Å². The summed E-state index contributed by atoms with van der Waals surface area (Å²) in [4.78, 5) is 22.5. The van der Waals surface area contributed by atoms with Crippen molar-refractivity contribution in [3.8, 4) is 0 Å². The summed E-state index contributed by atoms with van der Waals surface area (Å²) in [7, 11) is 0. The van der Waals surface area contributed by atoms with Gasteiger partial charge in [0.25, 0.3) is 0 Å². The molecule has 1 heterocycles. The third kappa shape index (κ3) is 3.30. The van der Waals surface area contributed by atoms with Crippen LogP contribution in [0.2, 0.25) is 0 Å². The van der Waals surface area contributed by atoms with E-state index in [4.69, 9.17) is 0 Å². The zero-order valence-electron chi connectivity index (χ0n) is 10.6. The summed E-state index contributed by atoms with van der Waals surface area (Å²) in [6, 6.07) is 0. The maximum atomic E-state index is 11.3. The van der Waals surface area contributed by atoms with Gasteiger partial charge in [-0.25, -0.2) is 0 Å². The largest absolute Gasteiger partial charge is 0.393 e. The van der Waals surface area contributed by atoms with Gasteiger partial charge in [-0.15, -0.1) is 0 Å². The summed E-state index contributed by atoms with van der Waals surface area (Å²) in [5.41, 5.74) is 0. The molecule has 2 aliphatic rings. The smallest absolute Gasteiger partial charge is 0.313 e. The van der Waals surface area contributed by atoms with Crippen molar-refractivity contribution in [2.24, 2.45) is 17.8 Å². The van der Waals surface area contributed by atoms with E-state index >= 15 is 0 Å². The minimum Gasteiger partial charge on any atom is -0.393 e. The Kier molecular flexibility index (Phi) is 4.19. The van der Waals surface area contributed by atoms with Crippen LogP contribution in [0.3, 0.4) is 0 Å². The SMILES string of the molecule is CCCC1CCC(C2CC(=O)OC(=O)C2)CC1. The summed E-state index contributed by atoms with van der Waals surface area (Å²) < 4.78 is 4.59. The number of esters is 2. The average molecular weight is 238 g/mol. The van der Waals surface area contributed by atoms with E-state index < -0.39 is 0 Å². The molecule has 0 bridgehead atoms. The molecule has 0 aromatic rings. The number of ether oxygens (including phenoxy) is 1. The molecule has 0 spiro atoms. The molecule has 1 saturated heterocycles. The number of hydrogen-bond acceptors (Lipinski definition) is 3. The second-order valence-electron chi connectivity index (χ2n) is 5.58. The van der Waals surface area contributed by atoms with Crippen molar-refractivity contribution in [1.29, 1.82) is 0 Å². The van der Waals surface area contributed by atoms with Gasteiger partial charge in [-0.1, -0.05) is 32.6 Å². The van der Waals surface area contributed by atoms with Crippen LogP contribution in [0.4, 0.5) is 0 Å². The Morgan fingerprint density at radius 2 is 1.59 bits per heavy atom. The fraction of sp³-hybridized carbons (Fsp3) is 0.857. The molecule has 0 unspecified atom stereocenters. The third-order valence-corrected chi connectivity index (χ3v) is 4.34. The van der Waals surface area contributed by atoms with Gasteiger partial charge in [-0.05, 0) is 30.6 Å². The van der Waals surface area contributed by atoms with Crippen LogP contribution in [-0.2, 0) is 14.3 Å². The van der Waals surface area contributed by atoms with Crippen LogP contribution < -0.4 is 0 Å². The van der Waals surface area contributed by atoms with Gasteiger partial charge < -0.3 is 4.74 Å². The normalized spacial score (nSPS) is 31.4. The van der Waals surface area contributed by atoms with Gasteiger partial charge >= 0.3 is 11.9 Å². The quantitative estimate of drug-likeness (QED) is 0.560. The standard InChI is InChI=1S/C14H22O3/c1-2-3-10-4-6-11(7-5-10)12-8-13(15)17-14(16)9-12/h10-12H,2-9H2,1H3. The van der Waals surface area contributed by atoms with Crippen molar-refractivity contribution < 1.29 is 14.3 Å². The molecule has 1 aliphatic heterocycles. The van der Waals surface area contributed by atoms with Crippen molar-refractivity contribution in [3.05, 3.63) is 0 Å². The Morgan fingerprint density at radius 3 is 2.12 bits per heavy atom. The van der Waals surface area contributed by atoms with Gasteiger partial charge in [0, 0.05) is 12.8 Å². The lowest BCUT2D eigenvalue weighted by atomic mass is 9.72. The second-order valence-corrected chi connectivity index (χ2v) is 5.58. The molecule has 0 aromatic heterocycles. The first-order valence-electron chi connectivity index (χ1n) is 6.92. The Hall–Kier alpha value is -0.860. The predicted octanol–water partition coefficient (Wildman–Crippen LogP) is 3.07. The molecule has 96 valence electrons. The molecule has 3 heteroatoms. The maximum Gasteiger partial charge on any atom is 0.313 e. The summed E-state index contributed by atoms with van der Waals surface area (Å²) in [5, 5.41) is 0. The van der Waals surface area contributed by atoms with Crippen LogP contribution >= 0.6 is 0 Å². The third-order valence-electron chi connectivity index (χ3n) is 4.34. The van der Waals surface area contributed by atoms with Gasteiger partial charge in [0.15, 0.2) is 0 Å². The van der Waals surface area contributed by atoms with E-state index in [0.717, 1.165) is 5.92 Å². The molecule has 3 nitrogen and oxygen atoms in total. The molecule has 0 atom stereocenters. The summed E-state index contributed by atoms with van der Waals surface area (Å²) >= 11 is 0. The molecule has 1 aliphatic carbocycles. The molecule has 2 fully saturated rings. The number of rotatable bonds is 3. The molecular weight excluding hydrogens is 216 g/mol. The van der Waals surface area contributed by atoms with Crippen LogP contribution in [0.5, 0.6) is 0 Å². The van der Waals surface area contributed by atoms with Gasteiger partial charge in [-0.2, -0.15) is 0 Å². The summed E-state index contributed by atoms with van der Waals surface area (Å²) in [6.45, 7) is 2.24. The predicted molar refractivity (Wildman–Crippen MR) is 64.2 cm³/mol. The highest BCUT2D eigenvalue weighted by molar-refractivity contribution is 5.88. The topological polar surface area (TPSA) is 43.4 Å². The summed E-state index contributed by atoms with van der Waals surface area (Å²) in [5.74, 6) is 1.07. The van der Waals surface area contributed by atoms with E-state index in [-0.39, 0.29) is 17.9 Å². The number of cyclic esters (lactones) is 2. The van der Waals surface area contributed by atoms with Crippen LogP contribution in [0.15, 0.2) is 0 Å². The highest BCUT2D eigenvalue weighted by Crippen LogP contribution is 2.39. The Morgan fingerprint density at radius 1 is 1.00 bits per heavy atom. The zero-order chi connectivity index (χ0) is 12.3. The van der Waals surface area contributed by atoms with Crippen molar-refractivity contribution in [3.63, 3.8) is 0 Å². The fourth-order valence-corrected chi connectivity index (χ4v) is 3.40. The molecule has 17 heavy (non-hydrogen) atoms. The van der Waals surface area contributed by atoms with Crippen LogP contribution in [0.1, 0.15) is 58.3 Å². The monoisotopic (exact) mass is 238 g/mol. The fourth-order valence-electron chi connectivity index (χ4n) is 3.40. The van der Waals surface area contributed by atoms with E-state index in [2.05, 4.69) is 11.7 Å². The average Bonchev–Trinajstić information content (AvgIpc) is 2.29. The Balaban J connectivity index is 1.83. The lowest BCUT2D eigenvalue weighted by molar-refractivity contribution is -0.166. The van der Waals surface area contributed by atoms with E-state index in [0.29, 0.717) is 18.8 Å². The van der Waals surface area contributed by atoms with E-state index in [1.807, 2.05) is 0 Å². The first kappa shape index (κ1) is 12.6. The highest BCUT2D eigenvalue weighted by atomic mass is 16.6.